The van der Waals surface area contributed by atoms with Crippen molar-refractivity contribution in [3.05, 3.63) is 28.2 Å². The molecular weight excluding hydrogens is 334 g/mol. The van der Waals surface area contributed by atoms with Gasteiger partial charge in [-0.3, -0.25) is 4.79 Å². The average molecular weight is 350 g/mol. The molecule has 0 amide bonds. The van der Waals surface area contributed by atoms with Gasteiger partial charge in [0.15, 0.2) is 0 Å². The number of sulfonamides is 1. The summed E-state index contributed by atoms with van der Waals surface area (Å²) in [5.41, 5.74) is 0.559. The summed E-state index contributed by atoms with van der Waals surface area (Å²) in [7, 11) is -3.86. The summed E-state index contributed by atoms with van der Waals surface area (Å²) in [5, 5.41) is 9.04. The molecule has 2 N–H and O–H groups in total. The van der Waals surface area contributed by atoms with E-state index >= 15 is 0 Å². The second-order valence-corrected chi connectivity index (χ2v) is 7.19. The van der Waals surface area contributed by atoms with Gasteiger partial charge in [-0.1, -0.05) is 35.8 Å². The maximum absolute atomic E-state index is 12.2. The fraction of sp³-hybridized carbons (Fsp3) is 0.417. The van der Waals surface area contributed by atoms with Crippen molar-refractivity contribution in [2.75, 3.05) is 0 Å². The van der Waals surface area contributed by atoms with Gasteiger partial charge in [-0.25, -0.2) is 8.42 Å². The SMILES string of the molecule is Cc1ccc(Br)cc1S(=O)(=O)N[C@H](C(=O)O)C(C)C. The van der Waals surface area contributed by atoms with E-state index in [4.69, 9.17) is 5.11 Å². The maximum atomic E-state index is 12.2. The molecule has 7 heteroatoms. The number of hydrogen-bond donors (Lipinski definition) is 2. The van der Waals surface area contributed by atoms with Crippen LogP contribution in [-0.4, -0.2) is 25.5 Å². The highest BCUT2D eigenvalue weighted by Crippen LogP contribution is 2.21. The lowest BCUT2D eigenvalue weighted by molar-refractivity contribution is -0.140. The molecule has 0 heterocycles. The number of hydrogen-bond acceptors (Lipinski definition) is 3. The third kappa shape index (κ3) is 4.02. The van der Waals surface area contributed by atoms with Crippen molar-refractivity contribution in [2.45, 2.75) is 31.7 Å². The van der Waals surface area contributed by atoms with E-state index in [2.05, 4.69) is 20.7 Å². The molecule has 1 aromatic rings. The van der Waals surface area contributed by atoms with Crippen LogP contribution >= 0.6 is 15.9 Å². The highest BCUT2D eigenvalue weighted by molar-refractivity contribution is 9.10. The van der Waals surface area contributed by atoms with Crippen molar-refractivity contribution < 1.29 is 18.3 Å². The largest absolute Gasteiger partial charge is 0.480 e. The Kier molecular flexibility index (Phi) is 5.11. The Morgan fingerprint density at radius 2 is 1.95 bits per heavy atom. The van der Waals surface area contributed by atoms with E-state index in [9.17, 15) is 13.2 Å². The minimum Gasteiger partial charge on any atom is -0.480 e. The Balaban J connectivity index is 3.17. The summed E-state index contributed by atoms with van der Waals surface area (Å²) < 4.78 is 27.3. The second-order valence-electron chi connectivity index (χ2n) is 4.59. The van der Waals surface area contributed by atoms with E-state index in [1.807, 2.05) is 0 Å². The lowest BCUT2D eigenvalue weighted by atomic mass is 10.1. The van der Waals surface area contributed by atoms with Gasteiger partial charge in [-0.2, -0.15) is 4.72 Å². The van der Waals surface area contributed by atoms with Gasteiger partial charge in [0, 0.05) is 4.47 Å². The average Bonchev–Trinajstić information content (AvgIpc) is 2.28. The van der Waals surface area contributed by atoms with E-state index in [-0.39, 0.29) is 10.8 Å². The Morgan fingerprint density at radius 1 is 1.37 bits per heavy atom. The molecule has 0 aromatic heterocycles. The van der Waals surface area contributed by atoms with Crippen LogP contribution in [0.4, 0.5) is 0 Å². The smallest absolute Gasteiger partial charge is 0.322 e. The lowest BCUT2D eigenvalue weighted by Crippen LogP contribution is -2.44. The van der Waals surface area contributed by atoms with Gasteiger partial charge in [0.1, 0.15) is 6.04 Å². The molecule has 0 bridgehead atoms. The zero-order valence-electron chi connectivity index (χ0n) is 10.8. The molecule has 1 rings (SSSR count). The normalized spacial score (nSPS) is 13.5. The fourth-order valence-electron chi connectivity index (χ4n) is 1.57. The molecule has 0 saturated heterocycles. The molecule has 19 heavy (non-hydrogen) atoms. The van der Waals surface area contributed by atoms with Crippen molar-refractivity contribution >= 4 is 31.9 Å². The predicted octanol–water partition coefficient (Wildman–Crippen LogP) is 2.15. The number of nitrogens with one attached hydrogen (secondary N) is 1. The van der Waals surface area contributed by atoms with Crippen molar-refractivity contribution in [1.29, 1.82) is 0 Å². The number of carboxylic acid groups (broad SMARTS) is 1. The summed E-state index contributed by atoms with van der Waals surface area (Å²) in [5.74, 6) is -1.54. The third-order valence-electron chi connectivity index (χ3n) is 2.65. The quantitative estimate of drug-likeness (QED) is 0.852. The number of aryl methyl sites for hydroxylation is 1. The van der Waals surface area contributed by atoms with Crippen LogP contribution in [0.25, 0.3) is 0 Å². The Morgan fingerprint density at radius 3 is 2.42 bits per heavy atom. The summed E-state index contributed by atoms with van der Waals surface area (Å²) in [6.45, 7) is 4.95. The second kappa shape index (κ2) is 6.02. The minimum atomic E-state index is -3.86. The van der Waals surface area contributed by atoms with Gasteiger partial charge in [0.25, 0.3) is 0 Å². The van der Waals surface area contributed by atoms with Crippen molar-refractivity contribution in [1.82, 2.24) is 4.72 Å². The van der Waals surface area contributed by atoms with Crippen LogP contribution in [0, 0.1) is 12.8 Å². The van der Waals surface area contributed by atoms with Gasteiger partial charge in [0.05, 0.1) is 4.90 Å². The van der Waals surface area contributed by atoms with E-state index in [1.165, 1.54) is 6.07 Å². The summed E-state index contributed by atoms with van der Waals surface area (Å²) >= 11 is 3.20. The van der Waals surface area contributed by atoms with Crippen LogP contribution in [0.5, 0.6) is 0 Å². The molecule has 0 aliphatic rings. The first-order valence-electron chi connectivity index (χ1n) is 5.66. The van der Waals surface area contributed by atoms with Crippen LogP contribution in [0.2, 0.25) is 0 Å². The van der Waals surface area contributed by atoms with Crippen molar-refractivity contribution in [2.24, 2.45) is 5.92 Å². The highest BCUT2D eigenvalue weighted by atomic mass is 79.9. The minimum absolute atomic E-state index is 0.0776. The van der Waals surface area contributed by atoms with Crippen molar-refractivity contribution in [3.8, 4) is 0 Å². The summed E-state index contributed by atoms with van der Waals surface area (Å²) in [6, 6.07) is 3.69. The van der Waals surface area contributed by atoms with Gasteiger partial charge < -0.3 is 5.11 Å². The molecule has 5 nitrogen and oxygen atoms in total. The van der Waals surface area contributed by atoms with Gasteiger partial charge in [-0.15, -0.1) is 0 Å². The summed E-state index contributed by atoms with van der Waals surface area (Å²) in [4.78, 5) is 11.1. The van der Waals surface area contributed by atoms with Gasteiger partial charge in [-0.05, 0) is 30.5 Å². The third-order valence-corrected chi connectivity index (χ3v) is 4.73. The lowest BCUT2D eigenvalue weighted by Gasteiger charge is -2.18. The molecule has 106 valence electrons. The standard InChI is InChI=1S/C12H16BrNO4S/c1-7(2)11(12(15)16)14-19(17,18)10-6-9(13)5-4-8(10)3/h4-7,11,14H,1-3H3,(H,15,16)/t11-/m0/s1. The number of aliphatic carboxylic acids is 1. The Hall–Kier alpha value is -0.920. The van der Waals surface area contributed by atoms with Gasteiger partial charge in [0.2, 0.25) is 10.0 Å². The van der Waals surface area contributed by atoms with E-state index < -0.39 is 22.0 Å². The first-order valence-corrected chi connectivity index (χ1v) is 7.94. The first kappa shape index (κ1) is 16.1. The molecular formula is C12H16BrNO4S. The van der Waals surface area contributed by atoms with Gasteiger partial charge >= 0.3 is 5.97 Å². The van der Waals surface area contributed by atoms with Crippen LogP contribution < -0.4 is 4.72 Å². The summed E-state index contributed by atoms with van der Waals surface area (Å²) in [6.07, 6.45) is 0. The number of carboxylic acids is 1. The zero-order valence-corrected chi connectivity index (χ0v) is 13.2. The predicted molar refractivity (Wildman–Crippen MR) is 75.5 cm³/mol. The number of benzene rings is 1. The molecule has 1 aromatic carbocycles. The fourth-order valence-corrected chi connectivity index (χ4v) is 3.69. The Bertz CT molecular complexity index is 583. The molecule has 0 saturated carbocycles. The topological polar surface area (TPSA) is 83.5 Å². The van der Waals surface area contributed by atoms with Crippen LogP contribution in [0.15, 0.2) is 27.6 Å². The first-order chi connectivity index (χ1) is 8.65. The zero-order chi connectivity index (χ0) is 14.8. The number of carbonyl (C=O) groups is 1. The highest BCUT2D eigenvalue weighted by Gasteiger charge is 2.28. The van der Waals surface area contributed by atoms with Crippen LogP contribution in [-0.2, 0) is 14.8 Å². The number of rotatable bonds is 5. The van der Waals surface area contributed by atoms with Crippen LogP contribution in [0.1, 0.15) is 19.4 Å². The molecule has 0 unspecified atom stereocenters. The number of halogens is 1. The molecule has 0 fully saturated rings. The molecule has 0 aliphatic carbocycles. The van der Waals surface area contributed by atoms with E-state index in [0.717, 1.165) is 0 Å². The molecule has 0 spiro atoms. The maximum Gasteiger partial charge on any atom is 0.322 e. The monoisotopic (exact) mass is 349 g/mol. The Labute approximate surface area is 121 Å². The van der Waals surface area contributed by atoms with Crippen molar-refractivity contribution in [3.63, 3.8) is 0 Å². The van der Waals surface area contributed by atoms with Crippen LogP contribution in [0.3, 0.4) is 0 Å². The molecule has 1 atom stereocenters. The molecule has 0 aliphatic heterocycles. The van der Waals surface area contributed by atoms with E-state index in [1.54, 1.807) is 32.9 Å². The van der Waals surface area contributed by atoms with E-state index in [0.29, 0.717) is 10.0 Å². The molecule has 0 radical (unpaired) electrons.